The molecule has 2 aromatic rings. The number of sulfone groups is 1. The summed E-state index contributed by atoms with van der Waals surface area (Å²) in [6, 6.07) is 11.7. The first-order chi connectivity index (χ1) is 13.1. The maximum atomic E-state index is 11.8. The summed E-state index contributed by atoms with van der Waals surface area (Å²) >= 11 is 0. The quantitative estimate of drug-likeness (QED) is 0.760. The molecule has 1 atom stereocenters. The Hall–Kier alpha value is -2.05. The molecule has 28 heavy (non-hydrogen) atoms. The van der Waals surface area contributed by atoms with Crippen molar-refractivity contribution in [1.29, 1.82) is 0 Å². The van der Waals surface area contributed by atoms with Gasteiger partial charge in [0.25, 0.3) is 0 Å². The second-order valence-electron chi connectivity index (χ2n) is 8.46. The van der Waals surface area contributed by atoms with Crippen LogP contribution in [-0.2, 0) is 29.3 Å². The SMILES string of the molecule is CC1Oc2ccc(CCC(C)(C)N3Cc4ccc(S(C)(=O)=O)cc4C3)cc2O1. The predicted molar refractivity (Wildman–Crippen MR) is 108 cm³/mol. The summed E-state index contributed by atoms with van der Waals surface area (Å²) < 4.78 is 34.9. The Balaban J connectivity index is 1.44. The number of benzene rings is 2. The van der Waals surface area contributed by atoms with Crippen molar-refractivity contribution in [1.82, 2.24) is 4.90 Å². The number of hydrogen-bond donors (Lipinski definition) is 0. The van der Waals surface area contributed by atoms with Crippen molar-refractivity contribution in [3.8, 4) is 11.5 Å². The van der Waals surface area contributed by atoms with Crippen LogP contribution in [0.3, 0.4) is 0 Å². The van der Waals surface area contributed by atoms with Crippen LogP contribution in [0.5, 0.6) is 11.5 Å². The van der Waals surface area contributed by atoms with Gasteiger partial charge in [-0.05, 0) is 67.6 Å². The third kappa shape index (κ3) is 3.76. The molecule has 6 heteroatoms. The van der Waals surface area contributed by atoms with Gasteiger partial charge in [-0.2, -0.15) is 0 Å². The normalized spacial score (nSPS) is 19.1. The summed E-state index contributed by atoms with van der Waals surface area (Å²) in [5.74, 6) is 1.64. The van der Waals surface area contributed by atoms with E-state index in [1.54, 1.807) is 6.07 Å². The van der Waals surface area contributed by atoms with Gasteiger partial charge in [0.1, 0.15) is 0 Å². The standard InChI is InChI=1S/C22H27NO4S/c1-15-26-20-8-5-16(11-21(20)27-15)9-10-22(2,3)23-13-17-6-7-19(28(4,24)25)12-18(17)14-23/h5-8,11-12,15H,9-10,13-14H2,1-4H3. The van der Waals surface area contributed by atoms with Gasteiger partial charge in [0.15, 0.2) is 21.3 Å². The Morgan fingerprint density at radius 3 is 2.50 bits per heavy atom. The van der Waals surface area contributed by atoms with Crippen molar-refractivity contribution in [2.24, 2.45) is 0 Å². The fourth-order valence-electron chi connectivity index (χ4n) is 3.92. The van der Waals surface area contributed by atoms with Crippen LogP contribution in [0.4, 0.5) is 0 Å². The van der Waals surface area contributed by atoms with Crippen LogP contribution in [0.2, 0.25) is 0 Å². The molecule has 150 valence electrons. The van der Waals surface area contributed by atoms with Gasteiger partial charge in [0, 0.05) is 31.8 Å². The maximum Gasteiger partial charge on any atom is 0.238 e. The highest BCUT2D eigenvalue weighted by Gasteiger charge is 2.32. The molecular weight excluding hydrogens is 374 g/mol. The zero-order valence-corrected chi connectivity index (χ0v) is 17.7. The van der Waals surface area contributed by atoms with E-state index in [2.05, 4.69) is 30.9 Å². The first-order valence-electron chi connectivity index (χ1n) is 9.65. The van der Waals surface area contributed by atoms with Crippen LogP contribution in [0.25, 0.3) is 0 Å². The van der Waals surface area contributed by atoms with Gasteiger partial charge >= 0.3 is 0 Å². The molecule has 2 aliphatic heterocycles. The molecule has 2 aliphatic rings. The van der Waals surface area contributed by atoms with E-state index in [1.165, 1.54) is 17.4 Å². The van der Waals surface area contributed by atoms with Crippen molar-refractivity contribution >= 4 is 9.84 Å². The summed E-state index contributed by atoms with van der Waals surface area (Å²) in [4.78, 5) is 2.83. The van der Waals surface area contributed by atoms with Gasteiger partial charge in [0.05, 0.1) is 4.90 Å². The summed E-state index contributed by atoms with van der Waals surface area (Å²) in [7, 11) is -3.17. The largest absolute Gasteiger partial charge is 0.451 e. The van der Waals surface area contributed by atoms with Crippen LogP contribution in [0.15, 0.2) is 41.3 Å². The number of ether oxygens (including phenoxy) is 2. The number of aryl methyl sites for hydroxylation is 1. The van der Waals surface area contributed by atoms with E-state index in [4.69, 9.17) is 9.47 Å². The van der Waals surface area contributed by atoms with Crippen LogP contribution >= 0.6 is 0 Å². The van der Waals surface area contributed by atoms with Gasteiger partial charge in [-0.1, -0.05) is 12.1 Å². The van der Waals surface area contributed by atoms with Crippen LogP contribution in [0.1, 0.15) is 43.9 Å². The molecule has 2 aromatic carbocycles. The Labute approximate surface area is 167 Å². The molecule has 5 nitrogen and oxygen atoms in total. The predicted octanol–water partition coefficient (Wildman–Crippen LogP) is 3.93. The van der Waals surface area contributed by atoms with Crippen molar-refractivity contribution in [3.05, 3.63) is 53.1 Å². The highest BCUT2D eigenvalue weighted by Crippen LogP contribution is 2.37. The maximum absolute atomic E-state index is 11.8. The molecule has 0 amide bonds. The molecule has 0 fully saturated rings. The topological polar surface area (TPSA) is 55.8 Å². The monoisotopic (exact) mass is 401 g/mol. The van der Waals surface area contributed by atoms with E-state index in [-0.39, 0.29) is 11.8 Å². The average Bonchev–Trinajstić information content (AvgIpc) is 3.20. The minimum atomic E-state index is -3.17. The number of fused-ring (bicyclic) bond motifs is 2. The van der Waals surface area contributed by atoms with E-state index in [0.717, 1.165) is 43.0 Å². The third-order valence-corrected chi connectivity index (χ3v) is 6.91. The van der Waals surface area contributed by atoms with E-state index < -0.39 is 9.84 Å². The van der Waals surface area contributed by atoms with Crippen molar-refractivity contribution < 1.29 is 17.9 Å². The van der Waals surface area contributed by atoms with Gasteiger partial charge in [-0.25, -0.2) is 8.42 Å². The molecule has 4 rings (SSSR count). The molecule has 0 N–H and O–H groups in total. The smallest absolute Gasteiger partial charge is 0.238 e. The van der Waals surface area contributed by atoms with Crippen molar-refractivity contribution in [3.63, 3.8) is 0 Å². The first kappa shape index (κ1) is 19.3. The van der Waals surface area contributed by atoms with Crippen LogP contribution < -0.4 is 9.47 Å². The molecule has 0 radical (unpaired) electrons. The van der Waals surface area contributed by atoms with E-state index in [0.29, 0.717) is 4.90 Å². The molecule has 2 heterocycles. The van der Waals surface area contributed by atoms with Crippen LogP contribution in [-0.4, -0.2) is 31.4 Å². The lowest BCUT2D eigenvalue weighted by Gasteiger charge is -2.35. The van der Waals surface area contributed by atoms with Gasteiger partial charge < -0.3 is 9.47 Å². The molecule has 0 saturated heterocycles. The van der Waals surface area contributed by atoms with Gasteiger partial charge in [-0.3, -0.25) is 4.90 Å². The van der Waals surface area contributed by atoms with E-state index in [9.17, 15) is 8.42 Å². The zero-order valence-electron chi connectivity index (χ0n) is 16.9. The number of hydrogen-bond acceptors (Lipinski definition) is 5. The molecule has 0 bridgehead atoms. The lowest BCUT2D eigenvalue weighted by molar-refractivity contribution is 0.0678. The fourth-order valence-corrected chi connectivity index (χ4v) is 4.59. The van der Waals surface area contributed by atoms with Gasteiger partial charge in [-0.15, -0.1) is 0 Å². The van der Waals surface area contributed by atoms with Crippen molar-refractivity contribution in [2.75, 3.05) is 6.26 Å². The van der Waals surface area contributed by atoms with Crippen molar-refractivity contribution in [2.45, 2.75) is 63.4 Å². The molecule has 0 saturated carbocycles. The Morgan fingerprint density at radius 1 is 1.04 bits per heavy atom. The molecule has 0 aliphatic carbocycles. The molecule has 0 aromatic heterocycles. The van der Waals surface area contributed by atoms with Gasteiger partial charge in [0.2, 0.25) is 6.29 Å². The second kappa shape index (κ2) is 6.78. The van der Waals surface area contributed by atoms with E-state index >= 15 is 0 Å². The lowest BCUT2D eigenvalue weighted by Crippen LogP contribution is -2.40. The number of rotatable bonds is 5. The summed E-state index contributed by atoms with van der Waals surface area (Å²) in [6.45, 7) is 8.04. The highest BCUT2D eigenvalue weighted by molar-refractivity contribution is 7.90. The minimum Gasteiger partial charge on any atom is -0.451 e. The lowest BCUT2D eigenvalue weighted by atomic mass is 9.93. The third-order valence-electron chi connectivity index (χ3n) is 5.80. The summed E-state index contributed by atoms with van der Waals surface area (Å²) in [5.41, 5.74) is 3.57. The Kier molecular flexibility index (Phi) is 4.67. The molecule has 1 unspecified atom stereocenters. The van der Waals surface area contributed by atoms with E-state index in [1.807, 2.05) is 25.1 Å². The highest BCUT2D eigenvalue weighted by atomic mass is 32.2. The number of nitrogens with zero attached hydrogens (tertiary/aromatic N) is 1. The van der Waals surface area contributed by atoms with Crippen LogP contribution in [0, 0.1) is 0 Å². The summed E-state index contributed by atoms with van der Waals surface area (Å²) in [6.07, 6.45) is 2.98. The summed E-state index contributed by atoms with van der Waals surface area (Å²) in [5, 5.41) is 0. The fraction of sp³-hybridized carbons (Fsp3) is 0.455. The average molecular weight is 402 g/mol. The second-order valence-corrected chi connectivity index (χ2v) is 10.5. The minimum absolute atomic E-state index is 0.00602. The zero-order chi connectivity index (χ0) is 20.1. The first-order valence-corrected chi connectivity index (χ1v) is 11.5. The molecule has 0 spiro atoms. The Morgan fingerprint density at radius 2 is 1.75 bits per heavy atom. The Bertz CT molecular complexity index is 1010. The molecular formula is C22H27NO4S.